The van der Waals surface area contributed by atoms with E-state index in [9.17, 15) is 23.3 Å². The van der Waals surface area contributed by atoms with Gasteiger partial charge < -0.3 is 5.73 Å². The topological polar surface area (TPSA) is 69.2 Å². The lowest BCUT2D eigenvalue weighted by atomic mass is 9.88. The van der Waals surface area contributed by atoms with Gasteiger partial charge in [-0.05, 0) is 24.5 Å². The Morgan fingerprint density at radius 3 is 2.26 bits per heavy atom. The van der Waals surface area contributed by atoms with Gasteiger partial charge in [-0.2, -0.15) is 13.2 Å². The van der Waals surface area contributed by atoms with Crippen LogP contribution in [0.15, 0.2) is 18.2 Å². The van der Waals surface area contributed by atoms with Gasteiger partial charge in [-0.15, -0.1) is 0 Å². The Kier molecular flexibility index (Phi) is 3.25. The average molecular weight is 274 g/mol. The molecular formula is C12H13F3N2O2. The maximum absolute atomic E-state index is 12.8. The first-order valence-electron chi connectivity index (χ1n) is 5.88. The fourth-order valence-electron chi connectivity index (χ4n) is 2.46. The Morgan fingerprint density at radius 2 is 1.79 bits per heavy atom. The molecule has 7 heteroatoms. The van der Waals surface area contributed by atoms with Crippen molar-refractivity contribution in [1.82, 2.24) is 0 Å². The molecule has 0 spiro atoms. The van der Waals surface area contributed by atoms with Crippen molar-refractivity contribution in [2.45, 2.75) is 37.4 Å². The molecule has 0 radical (unpaired) electrons. The van der Waals surface area contributed by atoms with Gasteiger partial charge in [0.15, 0.2) is 0 Å². The van der Waals surface area contributed by atoms with Crippen LogP contribution in [0.1, 0.15) is 36.8 Å². The summed E-state index contributed by atoms with van der Waals surface area (Å²) in [5.74, 6) is 0. The molecule has 0 bridgehead atoms. The predicted octanol–water partition coefficient (Wildman–Crippen LogP) is 3.34. The van der Waals surface area contributed by atoms with Gasteiger partial charge >= 0.3 is 6.18 Å². The van der Waals surface area contributed by atoms with Crippen LogP contribution in [-0.4, -0.2) is 4.92 Å². The molecular weight excluding hydrogens is 261 g/mol. The Morgan fingerprint density at radius 1 is 1.21 bits per heavy atom. The fourth-order valence-corrected chi connectivity index (χ4v) is 2.46. The van der Waals surface area contributed by atoms with Crippen LogP contribution < -0.4 is 5.73 Å². The van der Waals surface area contributed by atoms with E-state index >= 15 is 0 Å². The normalized spacial score (nSPS) is 18.5. The number of rotatable bonds is 2. The summed E-state index contributed by atoms with van der Waals surface area (Å²) in [7, 11) is 0. The fraction of sp³-hybridized carbons (Fsp3) is 0.500. The summed E-state index contributed by atoms with van der Waals surface area (Å²) in [6.45, 7) is 0. The van der Waals surface area contributed by atoms with Crippen molar-refractivity contribution in [3.8, 4) is 0 Å². The number of nitro benzene ring substituents is 1. The van der Waals surface area contributed by atoms with Crippen molar-refractivity contribution >= 4 is 5.69 Å². The van der Waals surface area contributed by atoms with Crippen LogP contribution in [0, 0.1) is 10.1 Å². The molecule has 104 valence electrons. The van der Waals surface area contributed by atoms with Crippen LogP contribution in [0.4, 0.5) is 18.9 Å². The van der Waals surface area contributed by atoms with E-state index in [0.717, 1.165) is 25.0 Å². The van der Waals surface area contributed by atoms with E-state index in [4.69, 9.17) is 5.73 Å². The number of nitrogens with two attached hydrogens (primary N) is 1. The van der Waals surface area contributed by atoms with E-state index in [2.05, 4.69) is 0 Å². The highest BCUT2D eigenvalue weighted by Gasteiger charge is 2.37. The lowest BCUT2D eigenvalue weighted by molar-refractivity contribution is -0.385. The summed E-state index contributed by atoms with van der Waals surface area (Å²) in [6.07, 6.45) is -1.88. The number of alkyl halides is 3. The van der Waals surface area contributed by atoms with Crippen molar-refractivity contribution in [2.24, 2.45) is 5.73 Å². The summed E-state index contributed by atoms with van der Waals surface area (Å²) >= 11 is 0. The summed E-state index contributed by atoms with van der Waals surface area (Å²) < 4.78 is 38.3. The van der Waals surface area contributed by atoms with Crippen molar-refractivity contribution in [3.63, 3.8) is 0 Å². The van der Waals surface area contributed by atoms with E-state index in [1.54, 1.807) is 0 Å². The van der Waals surface area contributed by atoms with Crippen LogP contribution in [0.2, 0.25) is 0 Å². The van der Waals surface area contributed by atoms with Gasteiger partial charge in [-0.25, -0.2) is 0 Å². The third kappa shape index (κ3) is 2.70. The average Bonchev–Trinajstić information content (AvgIpc) is 2.76. The molecule has 0 heterocycles. The van der Waals surface area contributed by atoms with E-state index in [0.29, 0.717) is 18.9 Å². The molecule has 1 aromatic carbocycles. The number of non-ortho nitro benzene ring substituents is 1. The quantitative estimate of drug-likeness (QED) is 0.664. The number of benzene rings is 1. The smallest absolute Gasteiger partial charge is 0.321 e. The second-order valence-corrected chi connectivity index (χ2v) is 4.89. The van der Waals surface area contributed by atoms with Crippen molar-refractivity contribution < 1.29 is 18.1 Å². The Bertz CT molecular complexity index is 508. The summed E-state index contributed by atoms with van der Waals surface area (Å²) in [6, 6.07) is 2.63. The summed E-state index contributed by atoms with van der Waals surface area (Å²) in [5.41, 5.74) is 3.80. The lowest BCUT2D eigenvalue weighted by Crippen LogP contribution is -2.33. The molecule has 2 rings (SSSR count). The van der Waals surface area contributed by atoms with Crippen molar-refractivity contribution in [3.05, 3.63) is 39.4 Å². The first-order chi connectivity index (χ1) is 8.72. The number of halogens is 3. The molecule has 1 saturated carbocycles. The van der Waals surface area contributed by atoms with Crippen LogP contribution in [0.25, 0.3) is 0 Å². The second kappa shape index (κ2) is 4.48. The number of nitrogens with zero attached hydrogens (tertiary/aromatic N) is 1. The van der Waals surface area contributed by atoms with E-state index < -0.39 is 27.9 Å². The first kappa shape index (κ1) is 13.8. The number of nitro groups is 1. The van der Waals surface area contributed by atoms with Gasteiger partial charge in [-0.3, -0.25) is 10.1 Å². The van der Waals surface area contributed by atoms with Crippen molar-refractivity contribution in [2.75, 3.05) is 0 Å². The molecule has 0 aliphatic heterocycles. The van der Waals surface area contributed by atoms with Gasteiger partial charge in [0, 0.05) is 17.7 Å². The molecule has 0 aromatic heterocycles. The SMILES string of the molecule is NC1(c2cc([N+](=O)[O-])cc(C(F)(F)F)c2)CCCC1. The van der Waals surface area contributed by atoms with E-state index in [1.807, 2.05) is 0 Å². The van der Waals surface area contributed by atoms with Crippen molar-refractivity contribution in [1.29, 1.82) is 0 Å². The predicted molar refractivity (Wildman–Crippen MR) is 62.4 cm³/mol. The Balaban J connectivity index is 2.55. The monoisotopic (exact) mass is 274 g/mol. The van der Waals surface area contributed by atoms with E-state index in [1.165, 1.54) is 0 Å². The van der Waals surface area contributed by atoms with Gasteiger partial charge in [0.25, 0.3) is 5.69 Å². The largest absolute Gasteiger partial charge is 0.416 e. The molecule has 0 amide bonds. The zero-order valence-corrected chi connectivity index (χ0v) is 10.0. The Hall–Kier alpha value is -1.63. The molecule has 1 aliphatic rings. The van der Waals surface area contributed by atoms with Crippen LogP contribution >= 0.6 is 0 Å². The molecule has 4 nitrogen and oxygen atoms in total. The summed E-state index contributed by atoms with van der Waals surface area (Å²) in [4.78, 5) is 9.93. The van der Waals surface area contributed by atoms with Gasteiger partial charge in [0.1, 0.15) is 0 Å². The minimum Gasteiger partial charge on any atom is -0.321 e. The minimum absolute atomic E-state index is 0.200. The number of hydrogen-bond donors (Lipinski definition) is 1. The number of hydrogen-bond acceptors (Lipinski definition) is 3. The zero-order valence-electron chi connectivity index (χ0n) is 10.0. The zero-order chi connectivity index (χ0) is 14.3. The molecule has 2 N–H and O–H groups in total. The second-order valence-electron chi connectivity index (χ2n) is 4.89. The summed E-state index contributed by atoms with van der Waals surface area (Å²) in [5, 5.41) is 10.7. The highest BCUT2D eigenvalue weighted by atomic mass is 19.4. The molecule has 1 aliphatic carbocycles. The highest BCUT2D eigenvalue weighted by Crippen LogP contribution is 2.40. The lowest BCUT2D eigenvalue weighted by Gasteiger charge is -2.24. The van der Waals surface area contributed by atoms with E-state index in [-0.39, 0.29) is 5.56 Å². The minimum atomic E-state index is -4.62. The first-order valence-corrected chi connectivity index (χ1v) is 5.88. The molecule has 0 unspecified atom stereocenters. The van der Waals surface area contributed by atoms with Crippen LogP contribution in [0.3, 0.4) is 0 Å². The Labute approximate surface area is 107 Å². The van der Waals surface area contributed by atoms with Crippen LogP contribution in [-0.2, 0) is 11.7 Å². The maximum Gasteiger partial charge on any atom is 0.416 e. The third-order valence-electron chi connectivity index (χ3n) is 3.53. The standard InChI is InChI=1S/C12H13F3N2O2/c13-12(14,15)9-5-8(6-10(7-9)17(18)19)11(16)3-1-2-4-11/h5-7H,1-4,16H2. The van der Waals surface area contributed by atoms with Gasteiger partial charge in [-0.1, -0.05) is 12.8 Å². The van der Waals surface area contributed by atoms with Gasteiger partial charge in [0.2, 0.25) is 0 Å². The molecule has 0 saturated heterocycles. The molecule has 1 fully saturated rings. The molecule has 0 atom stereocenters. The molecule has 19 heavy (non-hydrogen) atoms. The molecule has 1 aromatic rings. The van der Waals surface area contributed by atoms with Crippen LogP contribution in [0.5, 0.6) is 0 Å². The highest BCUT2D eigenvalue weighted by molar-refractivity contribution is 5.43. The maximum atomic E-state index is 12.8. The third-order valence-corrected chi connectivity index (χ3v) is 3.53. The van der Waals surface area contributed by atoms with Gasteiger partial charge in [0.05, 0.1) is 10.5 Å².